The second-order valence-corrected chi connectivity index (χ2v) is 7.13. The Kier molecular flexibility index (Phi) is 8.34. The highest BCUT2D eigenvalue weighted by molar-refractivity contribution is 5.89. The smallest absolute Gasteiger partial charge is 0.243 e. The Morgan fingerprint density at radius 1 is 1.26 bits per heavy atom. The molecule has 23 heavy (non-hydrogen) atoms. The van der Waals surface area contributed by atoms with Gasteiger partial charge in [-0.2, -0.15) is 0 Å². The summed E-state index contributed by atoms with van der Waals surface area (Å²) in [6.45, 7) is 5.20. The average molecular weight is 346 g/mol. The minimum Gasteiger partial charge on any atom is -0.350 e. The van der Waals surface area contributed by atoms with Crippen LogP contribution in [0.5, 0.6) is 0 Å². The molecule has 2 aliphatic rings. The molecule has 0 bridgehead atoms. The van der Waals surface area contributed by atoms with Crippen molar-refractivity contribution >= 4 is 24.2 Å². The van der Waals surface area contributed by atoms with Crippen LogP contribution >= 0.6 is 12.4 Å². The van der Waals surface area contributed by atoms with Gasteiger partial charge in [-0.25, -0.2) is 0 Å². The van der Waals surface area contributed by atoms with Crippen molar-refractivity contribution in [2.24, 2.45) is 17.6 Å². The van der Waals surface area contributed by atoms with Crippen molar-refractivity contribution in [3.05, 3.63) is 0 Å². The van der Waals surface area contributed by atoms with Gasteiger partial charge in [-0.05, 0) is 31.1 Å². The maximum Gasteiger partial charge on any atom is 0.243 e. The van der Waals surface area contributed by atoms with E-state index in [1.807, 2.05) is 13.8 Å². The van der Waals surface area contributed by atoms with Gasteiger partial charge in [-0.1, -0.05) is 33.1 Å². The van der Waals surface area contributed by atoms with Crippen LogP contribution in [-0.4, -0.2) is 41.9 Å². The summed E-state index contributed by atoms with van der Waals surface area (Å²) in [6, 6.07) is -0.306. The molecule has 0 spiro atoms. The quantitative estimate of drug-likeness (QED) is 0.773. The molecule has 0 radical (unpaired) electrons. The molecule has 0 aromatic rings. The third-order valence-corrected chi connectivity index (χ3v) is 5.15. The summed E-state index contributed by atoms with van der Waals surface area (Å²) in [4.78, 5) is 26.5. The van der Waals surface area contributed by atoms with E-state index in [1.54, 1.807) is 4.90 Å². The van der Waals surface area contributed by atoms with Gasteiger partial charge in [0.15, 0.2) is 0 Å². The first kappa shape index (κ1) is 20.2. The molecule has 5 nitrogen and oxygen atoms in total. The number of hydrogen-bond donors (Lipinski definition) is 2. The summed E-state index contributed by atoms with van der Waals surface area (Å²) >= 11 is 0. The number of carbonyl (C=O) groups is 2. The van der Waals surface area contributed by atoms with Crippen molar-refractivity contribution in [2.45, 2.75) is 70.9 Å². The fourth-order valence-electron chi connectivity index (χ4n) is 3.94. The van der Waals surface area contributed by atoms with Crippen molar-refractivity contribution in [3.63, 3.8) is 0 Å². The molecule has 6 heteroatoms. The lowest BCUT2D eigenvalue weighted by molar-refractivity contribution is -0.139. The van der Waals surface area contributed by atoms with Gasteiger partial charge in [0.2, 0.25) is 11.8 Å². The number of rotatable bonds is 6. The standard InChI is InChI=1S/C17H31N3O2.ClH/c1-12(2)16(20-10-6-9-15(20)21)17(22)19-14(11-18)13-7-4-3-5-8-13;/h12-14,16H,3-11,18H2,1-2H3,(H,19,22);1H. The number of nitrogens with two attached hydrogens (primary N) is 1. The second kappa shape index (κ2) is 9.48. The molecule has 2 amide bonds. The first-order valence-corrected chi connectivity index (χ1v) is 8.84. The largest absolute Gasteiger partial charge is 0.350 e. The van der Waals surface area contributed by atoms with Crippen LogP contribution in [0.15, 0.2) is 0 Å². The highest BCUT2D eigenvalue weighted by Crippen LogP contribution is 2.27. The SMILES string of the molecule is CC(C)C(C(=O)NC(CN)C1CCCCC1)N1CCCC1=O.Cl. The normalized spacial score (nSPS) is 21.9. The number of nitrogens with one attached hydrogen (secondary N) is 1. The molecule has 3 N–H and O–H groups in total. The predicted octanol–water partition coefficient (Wildman–Crippen LogP) is 2.08. The maximum atomic E-state index is 12.8. The fraction of sp³-hybridized carbons (Fsp3) is 0.882. The lowest BCUT2D eigenvalue weighted by Crippen LogP contribution is -2.55. The molecule has 2 rings (SSSR count). The number of hydrogen-bond acceptors (Lipinski definition) is 3. The lowest BCUT2D eigenvalue weighted by atomic mass is 9.83. The molecule has 2 unspecified atom stereocenters. The molecular weight excluding hydrogens is 314 g/mol. The Hall–Kier alpha value is -0.810. The number of likely N-dealkylation sites (tertiary alicyclic amines) is 1. The Morgan fingerprint density at radius 2 is 1.91 bits per heavy atom. The molecule has 1 aliphatic carbocycles. The van der Waals surface area contributed by atoms with Crippen LogP contribution in [0.3, 0.4) is 0 Å². The van der Waals surface area contributed by atoms with E-state index in [2.05, 4.69) is 5.32 Å². The zero-order valence-corrected chi connectivity index (χ0v) is 15.2. The third-order valence-electron chi connectivity index (χ3n) is 5.15. The van der Waals surface area contributed by atoms with Crippen molar-refractivity contribution in [2.75, 3.05) is 13.1 Å². The van der Waals surface area contributed by atoms with E-state index >= 15 is 0 Å². The van der Waals surface area contributed by atoms with Gasteiger partial charge in [-0.3, -0.25) is 9.59 Å². The van der Waals surface area contributed by atoms with Gasteiger partial charge in [-0.15, -0.1) is 12.4 Å². The number of amides is 2. The molecule has 1 saturated carbocycles. The Bertz CT molecular complexity index is 397. The fourth-order valence-corrected chi connectivity index (χ4v) is 3.94. The van der Waals surface area contributed by atoms with E-state index in [0.29, 0.717) is 25.4 Å². The van der Waals surface area contributed by atoms with E-state index in [4.69, 9.17) is 5.73 Å². The molecule has 2 fully saturated rings. The zero-order valence-electron chi connectivity index (χ0n) is 14.4. The molecule has 1 heterocycles. The van der Waals surface area contributed by atoms with Gasteiger partial charge >= 0.3 is 0 Å². The minimum absolute atomic E-state index is 0. The van der Waals surface area contributed by atoms with Crippen molar-refractivity contribution in [1.82, 2.24) is 10.2 Å². The Morgan fingerprint density at radius 3 is 2.39 bits per heavy atom. The van der Waals surface area contributed by atoms with Crippen LogP contribution < -0.4 is 11.1 Å². The lowest BCUT2D eigenvalue weighted by Gasteiger charge is -2.34. The molecule has 0 aromatic heterocycles. The average Bonchev–Trinajstić information content (AvgIpc) is 2.91. The van der Waals surface area contributed by atoms with E-state index < -0.39 is 0 Å². The first-order valence-electron chi connectivity index (χ1n) is 8.84. The van der Waals surface area contributed by atoms with Gasteiger partial charge in [0.1, 0.15) is 6.04 Å². The molecule has 1 saturated heterocycles. The minimum atomic E-state index is -0.354. The summed E-state index contributed by atoms with van der Waals surface area (Å²) in [5.41, 5.74) is 5.91. The van der Waals surface area contributed by atoms with E-state index in [9.17, 15) is 9.59 Å². The number of carbonyl (C=O) groups excluding carboxylic acids is 2. The van der Waals surface area contributed by atoms with Crippen LogP contribution in [0.25, 0.3) is 0 Å². The first-order chi connectivity index (χ1) is 10.5. The maximum absolute atomic E-state index is 12.8. The predicted molar refractivity (Wildman–Crippen MR) is 94.4 cm³/mol. The monoisotopic (exact) mass is 345 g/mol. The van der Waals surface area contributed by atoms with Gasteiger partial charge < -0.3 is 16.0 Å². The molecular formula is C17H32ClN3O2. The van der Waals surface area contributed by atoms with Crippen LogP contribution in [0.4, 0.5) is 0 Å². The second-order valence-electron chi connectivity index (χ2n) is 7.13. The summed E-state index contributed by atoms with van der Waals surface area (Å²) in [5, 5.41) is 3.16. The summed E-state index contributed by atoms with van der Waals surface area (Å²) in [5.74, 6) is 0.693. The van der Waals surface area contributed by atoms with E-state index in [0.717, 1.165) is 19.3 Å². The number of halogens is 1. The van der Waals surface area contributed by atoms with Gasteiger partial charge in [0.05, 0.1) is 0 Å². The van der Waals surface area contributed by atoms with E-state index in [-0.39, 0.29) is 42.2 Å². The summed E-state index contributed by atoms with van der Waals surface area (Å²) in [6.07, 6.45) is 7.48. The van der Waals surface area contributed by atoms with Crippen molar-refractivity contribution < 1.29 is 9.59 Å². The third kappa shape index (κ3) is 5.08. The summed E-state index contributed by atoms with van der Waals surface area (Å²) in [7, 11) is 0. The molecule has 1 aliphatic heterocycles. The molecule has 134 valence electrons. The topological polar surface area (TPSA) is 75.4 Å². The van der Waals surface area contributed by atoms with Crippen molar-refractivity contribution in [1.29, 1.82) is 0 Å². The molecule has 0 aromatic carbocycles. The molecule has 2 atom stereocenters. The Labute approximate surface area is 146 Å². The Balaban J connectivity index is 0.00000264. The van der Waals surface area contributed by atoms with E-state index in [1.165, 1.54) is 19.3 Å². The van der Waals surface area contributed by atoms with Crippen LogP contribution in [0.2, 0.25) is 0 Å². The highest BCUT2D eigenvalue weighted by Gasteiger charge is 2.36. The summed E-state index contributed by atoms with van der Waals surface area (Å²) < 4.78 is 0. The van der Waals surface area contributed by atoms with Crippen LogP contribution in [-0.2, 0) is 9.59 Å². The highest BCUT2D eigenvalue weighted by atomic mass is 35.5. The van der Waals surface area contributed by atoms with Gasteiger partial charge in [0, 0.05) is 25.6 Å². The number of nitrogens with zero attached hydrogens (tertiary/aromatic N) is 1. The van der Waals surface area contributed by atoms with Gasteiger partial charge in [0.25, 0.3) is 0 Å². The van der Waals surface area contributed by atoms with Crippen LogP contribution in [0.1, 0.15) is 58.8 Å². The zero-order chi connectivity index (χ0) is 16.1. The van der Waals surface area contributed by atoms with Crippen molar-refractivity contribution in [3.8, 4) is 0 Å². The van der Waals surface area contributed by atoms with Crippen LogP contribution in [0, 0.1) is 11.8 Å².